The lowest BCUT2D eigenvalue weighted by Crippen LogP contribution is -2.37. The van der Waals surface area contributed by atoms with E-state index in [1.807, 2.05) is 13.8 Å². The number of carbonyl (C=O) groups is 2. The highest BCUT2D eigenvalue weighted by Gasteiger charge is 2.20. The minimum Gasteiger partial charge on any atom is -0.481 e. The van der Waals surface area contributed by atoms with E-state index in [0.29, 0.717) is 19.6 Å². The number of methoxy groups -OCH3 is 1. The van der Waals surface area contributed by atoms with Crippen molar-refractivity contribution in [2.45, 2.75) is 27.2 Å². The van der Waals surface area contributed by atoms with E-state index in [1.165, 1.54) is 0 Å². The second kappa shape index (κ2) is 8.06. The average molecular weight is 245 g/mol. The van der Waals surface area contributed by atoms with Crippen molar-refractivity contribution >= 4 is 11.9 Å². The molecule has 0 aromatic rings. The van der Waals surface area contributed by atoms with Gasteiger partial charge in [0, 0.05) is 33.2 Å². The van der Waals surface area contributed by atoms with E-state index >= 15 is 0 Å². The molecule has 5 nitrogen and oxygen atoms in total. The highest BCUT2D eigenvalue weighted by atomic mass is 16.5. The van der Waals surface area contributed by atoms with Crippen molar-refractivity contribution in [3.8, 4) is 0 Å². The molecule has 0 saturated carbocycles. The molecule has 0 heterocycles. The first kappa shape index (κ1) is 15.9. The highest BCUT2D eigenvalue weighted by molar-refractivity contribution is 5.77. The van der Waals surface area contributed by atoms with Gasteiger partial charge in [-0.15, -0.1) is 0 Å². The first-order valence-electron chi connectivity index (χ1n) is 5.91. The lowest BCUT2D eigenvalue weighted by molar-refractivity contribution is -0.143. The Morgan fingerprint density at radius 2 is 1.94 bits per heavy atom. The molecule has 0 aliphatic heterocycles. The molecule has 1 N–H and O–H groups in total. The normalized spacial score (nSPS) is 14.1. The molecule has 100 valence electrons. The molecule has 2 unspecified atom stereocenters. The molecular weight excluding hydrogens is 222 g/mol. The van der Waals surface area contributed by atoms with E-state index in [9.17, 15) is 9.59 Å². The summed E-state index contributed by atoms with van der Waals surface area (Å²) < 4.78 is 4.97. The Bertz CT molecular complexity index is 255. The van der Waals surface area contributed by atoms with Crippen LogP contribution in [0.1, 0.15) is 27.2 Å². The van der Waals surface area contributed by atoms with Gasteiger partial charge in [-0.25, -0.2) is 0 Å². The molecule has 17 heavy (non-hydrogen) atoms. The quantitative estimate of drug-likeness (QED) is 0.698. The molecule has 0 spiro atoms. The fraction of sp³-hybridized carbons (Fsp3) is 0.833. The molecule has 0 aromatic carbocycles. The first-order valence-corrected chi connectivity index (χ1v) is 5.91. The highest BCUT2D eigenvalue weighted by Crippen LogP contribution is 2.08. The summed E-state index contributed by atoms with van der Waals surface area (Å²) in [5.74, 6) is -1.26. The van der Waals surface area contributed by atoms with Gasteiger partial charge >= 0.3 is 5.97 Å². The molecule has 0 rings (SSSR count). The van der Waals surface area contributed by atoms with Gasteiger partial charge in [0.2, 0.25) is 5.91 Å². The molecule has 0 aliphatic rings. The van der Waals surface area contributed by atoms with Gasteiger partial charge in [-0.2, -0.15) is 0 Å². The number of ether oxygens (including phenoxy) is 1. The predicted molar refractivity (Wildman–Crippen MR) is 64.7 cm³/mol. The fourth-order valence-corrected chi connectivity index (χ4v) is 1.59. The van der Waals surface area contributed by atoms with E-state index in [1.54, 1.807) is 18.9 Å². The van der Waals surface area contributed by atoms with Crippen LogP contribution in [0.5, 0.6) is 0 Å². The molecule has 0 aromatic heterocycles. The minimum atomic E-state index is -0.874. The van der Waals surface area contributed by atoms with Crippen molar-refractivity contribution in [2.24, 2.45) is 11.8 Å². The van der Waals surface area contributed by atoms with E-state index in [-0.39, 0.29) is 18.4 Å². The number of nitrogens with zero attached hydrogens (tertiary/aromatic N) is 1. The number of hydrogen-bond acceptors (Lipinski definition) is 3. The lowest BCUT2D eigenvalue weighted by Gasteiger charge is -2.24. The minimum absolute atomic E-state index is 0.00912. The first-order chi connectivity index (χ1) is 7.92. The second-order valence-electron chi connectivity index (χ2n) is 4.44. The van der Waals surface area contributed by atoms with Gasteiger partial charge < -0.3 is 14.7 Å². The van der Waals surface area contributed by atoms with E-state index in [2.05, 4.69) is 0 Å². The van der Waals surface area contributed by atoms with E-state index in [4.69, 9.17) is 9.84 Å². The van der Waals surface area contributed by atoms with Crippen molar-refractivity contribution in [1.29, 1.82) is 0 Å². The summed E-state index contributed by atoms with van der Waals surface area (Å²) in [6.45, 7) is 6.75. The van der Waals surface area contributed by atoms with Crippen LogP contribution in [0.25, 0.3) is 0 Å². The zero-order valence-electron chi connectivity index (χ0n) is 11.1. The van der Waals surface area contributed by atoms with Crippen molar-refractivity contribution in [3.05, 3.63) is 0 Å². The second-order valence-corrected chi connectivity index (χ2v) is 4.44. The molecule has 0 aliphatic carbocycles. The van der Waals surface area contributed by atoms with Crippen molar-refractivity contribution in [2.75, 3.05) is 26.8 Å². The van der Waals surface area contributed by atoms with Crippen LogP contribution in [0, 0.1) is 11.8 Å². The molecule has 0 radical (unpaired) electrons. The van der Waals surface area contributed by atoms with Crippen molar-refractivity contribution in [1.82, 2.24) is 4.90 Å². The summed E-state index contributed by atoms with van der Waals surface area (Å²) in [4.78, 5) is 24.2. The molecule has 0 fully saturated rings. The van der Waals surface area contributed by atoms with Crippen LogP contribution in [0.2, 0.25) is 0 Å². The summed E-state index contributed by atoms with van der Waals surface area (Å²) >= 11 is 0. The third-order valence-corrected chi connectivity index (χ3v) is 2.62. The van der Waals surface area contributed by atoms with Crippen LogP contribution in [0.3, 0.4) is 0 Å². The smallest absolute Gasteiger partial charge is 0.308 e. The van der Waals surface area contributed by atoms with Gasteiger partial charge in [0.25, 0.3) is 0 Å². The number of rotatable bonds is 8. The van der Waals surface area contributed by atoms with Crippen LogP contribution < -0.4 is 0 Å². The summed E-state index contributed by atoms with van der Waals surface area (Å²) in [5, 5.41) is 8.82. The Morgan fingerprint density at radius 3 is 2.35 bits per heavy atom. The molecule has 0 bridgehead atoms. The summed E-state index contributed by atoms with van der Waals surface area (Å²) in [6.07, 6.45) is 0.397. The summed E-state index contributed by atoms with van der Waals surface area (Å²) in [5.41, 5.74) is 0. The number of carbonyl (C=O) groups excluding carboxylic acids is 1. The Morgan fingerprint density at radius 1 is 1.35 bits per heavy atom. The van der Waals surface area contributed by atoms with E-state index in [0.717, 1.165) is 0 Å². The maximum atomic E-state index is 11.9. The zero-order valence-corrected chi connectivity index (χ0v) is 11.1. The van der Waals surface area contributed by atoms with Gasteiger partial charge in [0.05, 0.1) is 5.92 Å². The topological polar surface area (TPSA) is 66.8 Å². The third kappa shape index (κ3) is 6.26. The predicted octanol–water partition coefficient (Wildman–Crippen LogP) is 1.23. The van der Waals surface area contributed by atoms with Crippen LogP contribution in [-0.2, 0) is 14.3 Å². The number of amides is 1. The molecule has 1 amide bonds. The van der Waals surface area contributed by atoms with Crippen LogP contribution in [0.15, 0.2) is 0 Å². The monoisotopic (exact) mass is 245 g/mol. The maximum Gasteiger partial charge on any atom is 0.308 e. The maximum absolute atomic E-state index is 11.9. The van der Waals surface area contributed by atoms with Gasteiger partial charge in [-0.1, -0.05) is 13.8 Å². The summed E-state index contributed by atoms with van der Waals surface area (Å²) in [7, 11) is 1.60. The Hall–Kier alpha value is -1.10. The van der Waals surface area contributed by atoms with Crippen molar-refractivity contribution < 1.29 is 19.4 Å². The van der Waals surface area contributed by atoms with Gasteiger partial charge in [0.15, 0.2) is 0 Å². The molecular formula is C12H23NO4. The van der Waals surface area contributed by atoms with Crippen LogP contribution in [0.4, 0.5) is 0 Å². The largest absolute Gasteiger partial charge is 0.481 e. The number of aliphatic carboxylic acids is 1. The SMILES string of the molecule is CCN(CC(C)C(=O)O)C(=O)CC(C)COC. The average Bonchev–Trinajstić information content (AvgIpc) is 2.25. The van der Waals surface area contributed by atoms with Crippen LogP contribution in [-0.4, -0.2) is 48.7 Å². The van der Waals surface area contributed by atoms with E-state index < -0.39 is 11.9 Å². The lowest BCUT2D eigenvalue weighted by atomic mass is 10.1. The summed E-state index contributed by atoms with van der Waals surface area (Å²) in [6, 6.07) is 0. The number of carboxylic acid groups (broad SMARTS) is 1. The standard InChI is InChI=1S/C12H23NO4/c1-5-13(7-10(3)12(15)16)11(14)6-9(2)8-17-4/h9-10H,5-8H2,1-4H3,(H,15,16). The zero-order chi connectivity index (χ0) is 13.4. The Kier molecular flexibility index (Phi) is 7.54. The molecule has 2 atom stereocenters. The third-order valence-electron chi connectivity index (χ3n) is 2.62. The fourth-order valence-electron chi connectivity index (χ4n) is 1.59. The Labute approximate surface area is 103 Å². The molecule has 5 heteroatoms. The van der Waals surface area contributed by atoms with Gasteiger partial charge in [-0.05, 0) is 12.8 Å². The number of carboxylic acids is 1. The van der Waals surface area contributed by atoms with Crippen LogP contribution >= 0.6 is 0 Å². The van der Waals surface area contributed by atoms with Gasteiger partial charge in [0.1, 0.15) is 0 Å². The Balaban J connectivity index is 4.25. The molecule has 0 saturated heterocycles. The van der Waals surface area contributed by atoms with Crippen molar-refractivity contribution in [3.63, 3.8) is 0 Å². The number of hydrogen-bond donors (Lipinski definition) is 1. The van der Waals surface area contributed by atoms with Gasteiger partial charge in [-0.3, -0.25) is 9.59 Å².